The molecule has 3 fully saturated rings. The highest BCUT2D eigenvalue weighted by molar-refractivity contribution is 6.31. The van der Waals surface area contributed by atoms with E-state index in [0.717, 1.165) is 31.3 Å². The van der Waals surface area contributed by atoms with E-state index in [1.165, 1.54) is 57.9 Å². The van der Waals surface area contributed by atoms with Gasteiger partial charge in [0.25, 0.3) is 0 Å². The van der Waals surface area contributed by atoms with Crippen molar-refractivity contribution < 1.29 is 4.79 Å². The molecular formula is C24H34ClN3O. The second-order valence-electron chi connectivity index (χ2n) is 8.97. The van der Waals surface area contributed by atoms with E-state index in [1.54, 1.807) is 24.3 Å². The summed E-state index contributed by atoms with van der Waals surface area (Å²) in [5.74, 6) is 2.05. The maximum Gasteiger partial charge on any atom is 0.222 e. The van der Waals surface area contributed by atoms with Crippen LogP contribution in [-0.2, 0) is 4.79 Å². The fourth-order valence-electron chi connectivity index (χ4n) is 4.50. The summed E-state index contributed by atoms with van der Waals surface area (Å²) in [5.41, 5.74) is 0.527. The number of likely N-dealkylation sites (tertiary alicyclic amines) is 1. The van der Waals surface area contributed by atoms with Gasteiger partial charge in [-0.15, -0.1) is 0 Å². The molecule has 4 rings (SSSR count). The van der Waals surface area contributed by atoms with Crippen LogP contribution in [0, 0.1) is 23.2 Å². The molecule has 1 amide bonds. The van der Waals surface area contributed by atoms with Crippen LogP contribution in [0.1, 0.15) is 63.4 Å². The zero-order chi connectivity index (χ0) is 20.6. The van der Waals surface area contributed by atoms with E-state index >= 15 is 0 Å². The Morgan fingerprint density at radius 3 is 2.48 bits per heavy atom. The molecule has 1 aromatic rings. The largest absolute Gasteiger partial charge is 0.341 e. The molecule has 5 heteroatoms. The minimum Gasteiger partial charge on any atom is -0.341 e. The zero-order valence-electron chi connectivity index (χ0n) is 17.7. The average Bonchev–Trinajstić information content (AvgIpc) is 3.40. The molecule has 29 heavy (non-hydrogen) atoms. The van der Waals surface area contributed by atoms with Gasteiger partial charge in [0.1, 0.15) is 6.07 Å². The Kier molecular flexibility index (Phi) is 8.39. The number of nitriles is 1. The van der Waals surface area contributed by atoms with Gasteiger partial charge in [0.15, 0.2) is 0 Å². The number of halogens is 1. The number of carbonyl (C=O) groups is 1. The molecule has 2 saturated carbocycles. The zero-order valence-corrected chi connectivity index (χ0v) is 18.4. The number of benzene rings is 1. The van der Waals surface area contributed by atoms with Crippen molar-refractivity contribution in [3.05, 3.63) is 34.9 Å². The SMILES string of the molecule is CN(CC1CCCCC1)C1CCN(C(=O)CC2CC2)C1.N#Cc1ccccc1Cl. The normalized spacial score (nSPS) is 22.1. The van der Waals surface area contributed by atoms with Gasteiger partial charge in [-0.25, -0.2) is 0 Å². The summed E-state index contributed by atoms with van der Waals surface area (Å²) in [5, 5.41) is 8.90. The minimum atomic E-state index is 0.418. The number of rotatable bonds is 5. The number of nitrogens with zero attached hydrogens (tertiary/aromatic N) is 3. The maximum atomic E-state index is 12.2. The molecule has 1 aliphatic heterocycles. The van der Waals surface area contributed by atoms with E-state index in [0.29, 0.717) is 22.5 Å². The van der Waals surface area contributed by atoms with Crippen molar-refractivity contribution in [2.24, 2.45) is 11.8 Å². The van der Waals surface area contributed by atoms with Crippen LogP contribution in [0.4, 0.5) is 0 Å². The summed E-state index contributed by atoms with van der Waals surface area (Å²) in [6, 6.07) is 9.53. The second kappa shape index (κ2) is 11.0. The Bertz CT molecular complexity index is 706. The molecule has 0 spiro atoms. The van der Waals surface area contributed by atoms with Crippen LogP contribution in [0.3, 0.4) is 0 Å². The predicted molar refractivity (Wildman–Crippen MR) is 118 cm³/mol. The van der Waals surface area contributed by atoms with Gasteiger partial charge in [0.2, 0.25) is 5.91 Å². The summed E-state index contributed by atoms with van der Waals surface area (Å²) < 4.78 is 0. The summed E-state index contributed by atoms with van der Waals surface area (Å²) in [6.45, 7) is 3.22. The predicted octanol–water partition coefficient (Wildman–Crippen LogP) is 5.11. The number of amides is 1. The lowest BCUT2D eigenvalue weighted by atomic mass is 9.89. The first-order chi connectivity index (χ1) is 14.1. The molecule has 158 valence electrons. The Morgan fingerprint density at radius 1 is 1.14 bits per heavy atom. The van der Waals surface area contributed by atoms with Crippen LogP contribution in [0.5, 0.6) is 0 Å². The quantitative estimate of drug-likeness (QED) is 0.671. The van der Waals surface area contributed by atoms with E-state index < -0.39 is 0 Å². The fourth-order valence-corrected chi connectivity index (χ4v) is 4.68. The van der Waals surface area contributed by atoms with Crippen molar-refractivity contribution in [3.63, 3.8) is 0 Å². The molecule has 0 bridgehead atoms. The van der Waals surface area contributed by atoms with E-state index in [1.807, 2.05) is 6.07 Å². The van der Waals surface area contributed by atoms with Gasteiger partial charge in [-0.3, -0.25) is 4.79 Å². The van der Waals surface area contributed by atoms with Crippen LogP contribution in [0.25, 0.3) is 0 Å². The number of hydrogen-bond acceptors (Lipinski definition) is 3. The highest BCUT2D eigenvalue weighted by Gasteiger charge is 2.32. The Morgan fingerprint density at radius 2 is 1.86 bits per heavy atom. The third-order valence-corrected chi connectivity index (χ3v) is 6.89. The molecule has 3 aliphatic rings. The Labute approximate surface area is 180 Å². The number of hydrogen-bond donors (Lipinski definition) is 0. The van der Waals surface area contributed by atoms with Gasteiger partial charge in [-0.05, 0) is 63.1 Å². The molecule has 4 nitrogen and oxygen atoms in total. The van der Waals surface area contributed by atoms with Gasteiger partial charge in [-0.2, -0.15) is 5.26 Å². The monoisotopic (exact) mass is 415 g/mol. The lowest BCUT2D eigenvalue weighted by Gasteiger charge is -2.30. The first-order valence-electron chi connectivity index (χ1n) is 11.2. The molecule has 1 saturated heterocycles. The lowest BCUT2D eigenvalue weighted by Crippen LogP contribution is -2.39. The van der Waals surface area contributed by atoms with Crippen LogP contribution >= 0.6 is 11.6 Å². The van der Waals surface area contributed by atoms with Gasteiger partial charge < -0.3 is 9.80 Å². The molecule has 0 N–H and O–H groups in total. The van der Waals surface area contributed by atoms with Crippen LogP contribution in [0.2, 0.25) is 5.02 Å². The van der Waals surface area contributed by atoms with Crippen molar-refractivity contribution >= 4 is 17.5 Å². The van der Waals surface area contributed by atoms with Crippen molar-refractivity contribution in [2.75, 3.05) is 26.7 Å². The molecule has 1 unspecified atom stereocenters. The van der Waals surface area contributed by atoms with Crippen molar-refractivity contribution in [3.8, 4) is 6.07 Å². The summed E-state index contributed by atoms with van der Waals surface area (Å²) >= 11 is 5.60. The molecule has 1 heterocycles. The van der Waals surface area contributed by atoms with E-state index in [9.17, 15) is 4.79 Å². The fraction of sp³-hybridized carbons (Fsp3) is 0.667. The first-order valence-corrected chi connectivity index (χ1v) is 11.6. The highest BCUT2D eigenvalue weighted by Crippen LogP contribution is 2.33. The molecule has 0 radical (unpaired) electrons. The smallest absolute Gasteiger partial charge is 0.222 e. The van der Waals surface area contributed by atoms with E-state index in [-0.39, 0.29) is 0 Å². The van der Waals surface area contributed by atoms with Gasteiger partial charge in [-0.1, -0.05) is 43.0 Å². The summed E-state index contributed by atoms with van der Waals surface area (Å²) in [6.07, 6.45) is 11.7. The van der Waals surface area contributed by atoms with Crippen molar-refractivity contribution in [1.82, 2.24) is 9.80 Å². The minimum absolute atomic E-state index is 0.418. The summed E-state index contributed by atoms with van der Waals surface area (Å²) in [7, 11) is 2.27. The maximum absolute atomic E-state index is 12.2. The van der Waals surface area contributed by atoms with E-state index in [4.69, 9.17) is 16.9 Å². The van der Waals surface area contributed by atoms with Crippen molar-refractivity contribution in [2.45, 2.75) is 63.8 Å². The van der Waals surface area contributed by atoms with Gasteiger partial charge >= 0.3 is 0 Å². The van der Waals surface area contributed by atoms with Crippen LogP contribution in [-0.4, -0.2) is 48.4 Å². The average molecular weight is 416 g/mol. The second-order valence-corrected chi connectivity index (χ2v) is 9.37. The molecular weight excluding hydrogens is 382 g/mol. The summed E-state index contributed by atoms with van der Waals surface area (Å²) in [4.78, 5) is 16.8. The first kappa shape index (κ1) is 22.1. The third-order valence-electron chi connectivity index (χ3n) is 6.56. The number of carbonyl (C=O) groups excluding carboxylic acids is 1. The van der Waals surface area contributed by atoms with E-state index in [2.05, 4.69) is 16.8 Å². The third kappa shape index (κ3) is 7.01. The standard InChI is InChI=1S/C17H30N2O.C7H4ClN/c1-18(12-15-5-3-2-4-6-15)16-9-10-19(13-16)17(20)11-14-7-8-14;8-7-4-2-1-3-6(7)5-9/h14-16H,2-13H2,1H3;1-4H. The van der Waals surface area contributed by atoms with Gasteiger partial charge in [0, 0.05) is 32.1 Å². The molecule has 2 aliphatic carbocycles. The van der Waals surface area contributed by atoms with Crippen LogP contribution < -0.4 is 0 Å². The number of likely N-dealkylation sites (N-methyl/N-ethyl adjacent to an activating group) is 1. The lowest BCUT2D eigenvalue weighted by molar-refractivity contribution is -0.130. The van der Waals surface area contributed by atoms with Crippen molar-refractivity contribution in [1.29, 1.82) is 5.26 Å². The Hall–Kier alpha value is -1.57. The molecule has 1 aromatic carbocycles. The van der Waals surface area contributed by atoms with Gasteiger partial charge in [0.05, 0.1) is 10.6 Å². The van der Waals surface area contributed by atoms with Crippen LogP contribution in [0.15, 0.2) is 24.3 Å². The topological polar surface area (TPSA) is 47.3 Å². The molecule has 0 aromatic heterocycles. The Balaban J connectivity index is 0.000000224. The molecule has 1 atom stereocenters. The highest BCUT2D eigenvalue weighted by atomic mass is 35.5.